The van der Waals surface area contributed by atoms with Crippen molar-refractivity contribution in [2.75, 3.05) is 32.1 Å². The van der Waals surface area contributed by atoms with Crippen molar-refractivity contribution in [3.63, 3.8) is 0 Å². The summed E-state index contributed by atoms with van der Waals surface area (Å²) < 4.78 is 40.6. The Bertz CT molecular complexity index is 5610. The SMILES string of the molecule is CNC(CC(C)C)C(=O)NC1C(=O)NC(CC(N)=O)C(=O)NC2C(=O)NC3C(=O)NC(C(=O)NC(C(=O)NOCC(=O)NC#N)c4cc(O)cc(O)c4-c4cc3ccc4O)C(O)c3ccc(c(Cl)c3)Oc3cc2cc(c3OC2OC(CO)C(O)C(O)C2OC2CC(C)(NCCn3ccc(NC(=O)/C=C/c4ccc(Cl)cc4)nc3=O)C(O)C(C)O2)Oc2ccc(cc2Cl)C1O. The Morgan fingerprint density at radius 1 is 0.744 bits per heavy atom. The summed E-state index contributed by atoms with van der Waals surface area (Å²) in [7, 11) is 1.46. The highest BCUT2D eigenvalue weighted by Crippen LogP contribution is 2.50. The first-order valence-electron chi connectivity index (χ1n) is 39.9. The largest absolute Gasteiger partial charge is 0.508 e. The number of phenolic OH excluding ortho intramolecular Hbond substituents is 3. The van der Waals surface area contributed by atoms with E-state index in [9.17, 15) is 74.7 Å². The number of carbonyl (C=O) groups is 10. The summed E-state index contributed by atoms with van der Waals surface area (Å²) in [6.45, 7) is 4.48. The highest BCUT2D eigenvalue weighted by molar-refractivity contribution is 6.32. The molecule has 129 heavy (non-hydrogen) atoms. The lowest BCUT2D eigenvalue weighted by Crippen LogP contribution is -2.65. The molecule has 7 aliphatic rings. The molecule has 8 heterocycles. The number of carbonyl (C=O) groups excluding carboxylic acids is 10. The number of ether oxygens (including phenoxy) is 6. The molecule has 0 radical (unpaired) electrons. The lowest BCUT2D eigenvalue weighted by atomic mass is 9.85. The van der Waals surface area contributed by atoms with Gasteiger partial charge in [0.1, 0.15) is 101 Å². The fourth-order valence-corrected chi connectivity index (χ4v) is 15.6. The van der Waals surface area contributed by atoms with Gasteiger partial charge in [0.15, 0.2) is 36.7 Å². The van der Waals surface area contributed by atoms with Gasteiger partial charge in [-0.25, -0.2) is 10.3 Å². The average molecular weight is 1850 g/mol. The molecule has 7 aromatic rings. The van der Waals surface area contributed by atoms with Crippen LogP contribution >= 0.6 is 34.8 Å². The maximum absolute atomic E-state index is 16.4. The molecule has 42 nitrogen and oxygen atoms in total. The minimum absolute atomic E-state index is 0.0482. The van der Waals surface area contributed by atoms with Crippen LogP contribution in [0.3, 0.4) is 0 Å². The van der Waals surface area contributed by atoms with E-state index < -0.39 is 277 Å². The van der Waals surface area contributed by atoms with Gasteiger partial charge in [-0.15, -0.1) is 0 Å². The van der Waals surface area contributed by atoms with Crippen molar-refractivity contribution in [1.29, 1.82) is 5.26 Å². The summed E-state index contributed by atoms with van der Waals surface area (Å²) in [6, 6.07) is 6.59. The van der Waals surface area contributed by atoms with E-state index >= 15 is 24.0 Å². The molecule has 7 aliphatic heterocycles. The number of aromatic nitrogens is 2. The number of primary amides is 1. The smallest absolute Gasteiger partial charge is 0.349 e. The van der Waals surface area contributed by atoms with Crippen molar-refractivity contribution in [3.05, 3.63) is 180 Å². The summed E-state index contributed by atoms with van der Waals surface area (Å²) in [5.74, 6) is -18.2. The van der Waals surface area contributed by atoms with Gasteiger partial charge in [-0.1, -0.05) is 79.0 Å². The van der Waals surface area contributed by atoms with Crippen molar-refractivity contribution >= 4 is 106 Å². The maximum atomic E-state index is 16.4. The van der Waals surface area contributed by atoms with Gasteiger partial charge in [0.05, 0.1) is 41.3 Å². The number of aromatic hydroxyl groups is 3. The Labute approximate surface area is 747 Å². The van der Waals surface area contributed by atoms with Crippen molar-refractivity contribution in [3.8, 4) is 63.3 Å². The summed E-state index contributed by atoms with van der Waals surface area (Å²) in [5.41, 5.74) is 3.02. The zero-order valence-corrected chi connectivity index (χ0v) is 71.2. The molecular weight excluding hydrogens is 1760 g/mol. The van der Waals surface area contributed by atoms with Crippen LogP contribution in [-0.2, 0) is 73.5 Å². The molecule has 684 valence electrons. The fourth-order valence-electron chi connectivity index (χ4n) is 15.0. The van der Waals surface area contributed by atoms with E-state index in [-0.39, 0.29) is 48.8 Å². The number of fused-ring (bicyclic) bond motifs is 15. The standard InChI is InChI=1S/C84H90Cl3N15O27/c1-35(2)22-48(90-5)75(115)99-66-68(110)39-10-15-52(46(86)24-39)125-54-26-41-27-55(72(54)129-82-73(71(113)70(112)56(32-103)127-82)128-61-31-84(4,74(114)36(3)124-61)92-19-21-102-20-18-58(95-83(102)122)94-59(108)17-8-37-6-12-42(85)13-7-37)126-53-16-11-40(25-47(53)87)69(111)67-80(120)98-65(81(121)101-123-33-60(109)91-34-88)45-28-43(104)29-51(106)62(45)44-23-38(9-14-50(44)105)63(77(117)100-67)97-78(118)64(41)96-76(116)49(30-57(89)107)93-79(66)119/h6-18,20,23-29,35-36,48-49,56,61,63-71,73-74,82,90,92,103-106,110-114H,19,21-22,30-33H2,1-5H3,(H2,89,107)(H,91,109)(H,93,119)(H,96,116)(H,97,118)(H,98,120)(H,99,115)(H,100,117)(H,101,121)(H,94,95,108,122)/b17-8+. The van der Waals surface area contributed by atoms with E-state index in [1.807, 2.05) is 5.48 Å². The number of phenols is 3. The second-order valence-corrected chi connectivity index (χ2v) is 32.5. The molecule has 0 spiro atoms. The van der Waals surface area contributed by atoms with Gasteiger partial charge in [-0.05, 0) is 145 Å². The first-order chi connectivity index (χ1) is 61.3. The Morgan fingerprint density at radius 3 is 2.03 bits per heavy atom. The number of halogens is 3. The van der Waals surface area contributed by atoms with Crippen LogP contribution in [0.1, 0.15) is 111 Å². The first-order valence-corrected chi connectivity index (χ1v) is 41.1. The minimum Gasteiger partial charge on any atom is -0.508 e. The fraction of sp³-hybridized carbons (Fsp3) is 0.369. The highest BCUT2D eigenvalue weighted by Gasteiger charge is 2.52. The number of rotatable bonds is 23. The molecule has 18 atom stereocenters. The molecule has 14 rings (SSSR count). The van der Waals surface area contributed by atoms with Crippen LogP contribution in [0, 0.1) is 17.4 Å². The zero-order chi connectivity index (χ0) is 93.3. The number of nitriles is 1. The third-order valence-electron chi connectivity index (χ3n) is 21.6. The number of hydrogen-bond acceptors (Lipinski definition) is 31. The maximum Gasteiger partial charge on any atom is 0.349 e. The number of nitrogens with zero attached hydrogens (tertiary/aromatic N) is 3. The number of hydroxylamine groups is 1. The topological polar surface area (TPSA) is 634 Å². The van der Waals surface area contributed by atoms with E-state index in [0.717, 1.165) is 72.8 Å². The number of aliphatic hydroxyl groups excluding tert-OH is 6. The average Bonchev–Trinajstić information content (AvgIpc) is 0.762. The predicted octanol–water partition coefficient (Wildman–Crippen LogP) is 0.860. The Hall–Kier alpha value is -12.7. The molecule has 1 aromatic heterocycles. The number of likely N-dealkylation sites (N-methyl/N-ethyl adjacent to an activating group) is 1. The Balaban J connectivity index is 0.997. The third kappa shape index (κ3) is 22.4. The molecule has 11 bridgehead atoms. The van der Waals surface area contributed by atoms with Crippen molar-refractivity contribution in [2.45, 2.75) is 163 Å². The van der Waals surface area contributed by atoms with Crippen LogP contribution in [0.5, 0.6) is 46.0 Å². The molecule has 45 heteroatoms. The third-order valence-corrected chi connectivity index (χ3v) is 22.5. The van der Waals surface area contributed by atoms with E-state index in [4.69, 9.17) is 79.1 Å². The van der Waals surface area contributed by atoms with E-state index in [1.165, 1.54) is 55.2 Å². The Kier molecular flexibility index (Phi) is 30.5. The molecule has 6 aromatic carbocycles. The van der Waals surface area contributed by atoms with Crippen LogP contribution in [0.15, 0.2) is 126 Å². The number of nitrogens with two attached hydrogens (primary N) is 1. The number of anilines is 1. The molecular formula is C84H90Cl3N15O27. The lowest BCUT2D eigenvalue weighted by molar-refractivity contribution is -0.334. The summed E-state index contributed by atoms with van der Waals surface area (Å²) >= 11 is 20.3. The van der Waals surface area contributed by atoms with Gasteiger partial charge < -0.3 is 128 Å². The first kappa shape index (κ1) is 95.4. The zero-order valence-electron chi connectivity index (χ0n) is 68.9. The molecule has 0 aliphatic carbocycles. The second-order valence-electron chi connectivity index (χ2n) is 31.3. The van der Waals surface area contributed by atoms with Crippen LogP contribution in [0.2, 0.25) is 15.1 Å². The van der Waals surface area contributed by atoms with E-state index in [2.05, 4.69) is 52.8 Å². The Morgan fingerprint density at radius 2 is 1.40 bits per heavy atom. The van der Waals surface area contributed by atoms with Crippen LogP contribution in [-0.4, -0.2) is 220 Å². The highest BCUT2D eigenvalue weighted by atomic mass is 35.5. The quantitative estimate of drug-likeness (QED) is 0.0183. The molecule has 22 N–H and O–H groups in total. The van der Waals surface area contributed by atoms with Crippen molar-refractivity contribution in [1.82, 2.24) is 62.9 Å². The minimum atomic E-state index is -2.43. The van der Waals surface area contributed by atoms with Crippen LogP contribution < -0.4 is 84.3 Å². The normalized spacial score (nSPS) is 25.4. The van der Waals surface area contributed by atoms with Gasteiger partial charge in [-0.3, -0.25) is 62.7 Å². The van der Waals surface area contributed by atoms with Crippen molar-refractivity contribution < 1.29 is 127 Å². The van der Waals surface area contributed by atoms with Gasteiger partial charge in [-0.2, -0.15) is 10.2 Å². The number of aliphatic hydroxyl groups is 6. The molecule has 0 saturated carbocycles. The van der Waals surface area contributed by atoms with E-state index in [1.54, 1.807) is 50.4 Å². The van der Waals surface area contributed by atoms with E-state index in [0.29, 0.717) is 10.6 Å². The molecule has 10 amide bonds. The van der Waals surface area contributed by atoms with Crippen LogP contribution in [0.4, 0.5) is 5.82 Å². The molecule has 18 unspecified atom stereocenters. The number of hydrogen-bond donors (Lipinski definition) is 21. The lowest BCUT2D eigenvalue weighted by Gasteiger charge is -2.48. The summed E-state index contributed by atoms with van der Waals surface area (Å²) in [4.78, 5) is 168. The van der Waals surface area contributed by atoms with Gasteiger partial charge in [0.25, 0.3) is 11.8 Å². The molecule has 2 fully saturated rings. The van der Waals surface area contributed by atoms with Gasteiger partial charge in [0.2, 0.25) is 59.3 Å². The van der Waals surface area contributed by atoms with Crippen molar-refractivity contribution in [2.24, 2.45) is 11.7 Å². The number of benzene rings is 6. The van der Waals surface area contributed by atoms with Gasteiger partial charge in [0, 0.05) is 59.5 Å². The second kappa shape index (κ2) is 41.2. The monoisotopic (exact) mass is 1850 g/mol. The number of amides is 10. The number of nitrogens with one attached hydrogen (secondary N) is 11. The molecule has 2 saturated heterocycles. The van der Waals surface area contributed by atoms with Crippen LogP contribution in [0.25, 0.3) is 17.2 Å². The summed E-state index contributed by atoms with van der Waals surface area (Å²) in [5, 5.41) is 140. The van der Waals surface area contributed by atoms with Gasteiger partial charge >= 0.3 is 5.69 Å². The summed E-state index contributed by atoms with van der Waals surface area (Å²) in [6.07, 6.45) is -14.3. The predicted molar refractivity (Wildman–Crippen MR) is 451 cm³/mol.